The van der Waals surface area contributed by atoms with E-state index in [4.69, 9.17) is 4.74 Å². The van der Waals surface area contributed by atoms with Gasteiger partial charge in [0.15, 0.2) is 0 Å². The molecule has 0 spiro atoms. The zero-order valence-electron chi connectivity index (χ0n) is 11.3. The number of hydrogen-bond donors (Lipinski definition) is 0. The molecule has 1 aromatic carbocycles. The van der Waals surface area contributed by atoms with Crippen LogP contribution in [0.4, 0.5) is 0 Å². The first-order chi connectivity index (χ1) is 8.47. The van der Waals surface area contributed by atoms with Crippen LogP contribution < -0.4 is 4.74 Å². The Morgan fingerprint density at radius 2 is 1.89 bits per heavy atom. The second-order valence-corrected chi connectivity index (χ2v) is 5.27. The third-order valence-electron chi connectivity index (χ3n) is 3.35. The number of rotatable bonds is 2. The van der Waals surface area contributed by atoms with Crippen molar-refractivity contribution >= 4 is 15.9 Å². The maximum atomic E-state index is 5.45. The Hall–Kier alpha value is -1.29. The minimum Gasteiger partial charge on any atom is -0.496 e. The van der Waals surface area contributed by atoms with Crippen LogP contribution in [0.5, 0.6) is 5.75 Å². The highest BCUT2D eigenvalue weighted by atomic mass is 79.9. The molecule has 0 saturated carbocycles. The zero-order chi connectivity index (χ0) is 13.4. The summed E-state index contributed by atoms with van der Waals surface area (Å²) in [6, 6.07) is 2.13. The number of ether oxygens (including phenoxy) is 1. The lowest BCUT2D eigenvalue weighted by Crippen LogP contribution is -1.97. The maximum Gasteiger partial charge on any atom is 0.124 e. The number of methoxy groups -OCH3 is 1. The van der Waals surface area contributed by atoms with Gasteiger partial charge < -0.3 is 9.30 Å². The van der Waals surface area contributed by atoms with Crippen molar-refractivity contribution in [3.05, 3.63) is 33.7 Å². The van der Waals surface area contributed by atoms with Gasteiger partial charge in [-0.05, 0) is 59.5 Å². The van der Waals surface area contributed by atoms with E-state index in [2.05, 4.69) is 47.8 Å². The van der Waals surface area contributed by atoms with Crippen molar-refractivity contribution in [3.8, 4) is 17.0 Å². The minimum atomic E-state index is 0.961. The summed E-state index contributed by atoms with van der Waals surface area (Å²) in [5, 5.41) is 0. The molecule has 96 valence electrons. The van der Waals surface area contributed by atoms with Gasteiger partial charge in [-0.25, -0.2) is 4.98 Å². The molecule has 2 aromatic rings. The Labute approximate surface area is 116 Å². The van der Waals surface area contributed by atoms with Gasteiger partial charge in [0.25, 0.3) is 0 Å². The summed E-state index contributed by atoms with van der Waals surface area (Å²) < 4.78 is 8.40. The van der Waals surface area contributed by atoms with Crippen molar-refractivity contribution in [1.29, 1.82) is 0 Å². The lowest BCUT2D eigenvalue weighted by atomic mass is 9.97. The fraction of sp³-hybridized carbons (Fsp3) is 0.357. The van der Waals surface area contributed by atoms with Crippen LogP contribution in [0.25, 0.3) is 11.3 Å². The van der Waals surface area contributed by atoms with E-state index in [1.165, 1.54) is 11.1 Å². The van der Waals surface area contributed by atoms with Gasteiger partial charge in [-0.2, -0.15) is 0 Å². The molecule has 0 atom stereocenters. The van der Waals surface area contributed by atoms with Gasteiger partial charge in [-0.1, -0.05) is 0 Å². The van der Waals surface area contributed by atoms with Crippen molar-refractivity contribution in [2.24, 2.45) is 7.05 Å². The zero-order valence-corrected chi connectivity index (χ0v) is 12.9. The van der Waals surface area contributed by atoms with Crippen LogP contribution in [0, 0.1) is 20.8 Å². The third kappa shape index (κ3) is 1.94. The third-order valence-corrected chi connectivity index (χ3v) is 4.29. The number of benzene rings is 1. The predicted molar refractivity (Wildman–Crippen MR) is 77.1 cm³/mol. The molecule has 0 N–H and O–H groups in total. The predicted octanol–water partition coefficient (Wildman–Crippen LogP) is 3.78. The Kier molecular flexibility index (Phi) is 3.48. The van der Waals surface area contributed by atoms with Crippen LogP contribution in [0.2, 0.25) is 0 Å². The van der Waals surface area contributed by atoms with Crippen LogP contribution in [0.3, 0.4) is 0 Å². The Morgan fingerprint density at radius 1 is 1.22 bits per heavy atom. The molecule has 1 aromatic heterocycles. The summed E-state index contributed by atoms with van der Waals surface area (Å²) in [5.74, 6) is 0.961. The van der Waals surface area contributed by atoms with E-state index in [0.717, 1.165) is 27.2 Å². The normalized spacial score (nSPS) is 10.8. The van der Waals surface area contributed by atoms with Crippen molar-refractivity contribution in [3.63, 3.8) is 0 Å². The van der Waals surface area contributed by atoms with Crippen LogP contribution in [0.15, 0.2) is 17.0 Å². The summed E-state index contributed by atoms with van der Waals surface area (Å²) in [4.78, 5) is 4.46. The molecule has 0 unspecified atom stereocenters. The summed E-state index contributed by atoms with van der Waals surface area (Å²) >= 11 is 3.57. The van der Waals surface area contributed by atoms with Crippen molar-refractivity contribution < 1.29 is 4.74 Å². The smallest absolute Gasteiger partial charge is 0.124 e. The molecule has 4 heteroatoms. The first kappa shape index (κ1) is 13.1. The molecule has 2 rings (SSSR count). The molecular weight excluding hydrogens is 292 g/mol. The summed E-state index contributed by atoms with van der Waals surface area (Å²) in [6.07, 6.45) is 1.81. The second kappa shape index (κ2) is 4.76. The molecule has 0 fully saturated rings. The highest BCUT2D eigenvalue weighted by Crippen LogP contribution is 2.36. The van der Waals surface area contributed by atoms with Gasteiger partial charge in [0.2, 0.25) is 0 Å². The molecule has 1 heterocycles. The average molecular weight is 309 g/mol. The molecule has 0 radical (unpaired) electrons. The van der Waals surface area contributed by atoms with Gasteiger partial charge in [0.05, 0.1) is 13.4 Å². The molecule has 0 aliphatic rings. The summed E-state index contributed by atoms with van der Waals surface area (Å²) in [5.41, 5.74) is 5.64. The largest absolute Gasteiger partial charge is 0.496 e. The topological polar surface area (TPSA) is 27.1 Å². The van der Waals surface area contributed by atoms with Crippen LogP contribution >= 0.6 is 15.9 Å². The van der Waals surface area contributed by atoms with E-state index >= 15 is 0 Å². The van der Waals surface area contributed by atoms with E-state index in [0.29, 0.717) is 0 Å². The average Bonchev–Trinajstić information content (AvgIpc) is 2.66. The number of aryl methyl sites for hydroxylation is 2. The Morgan fingerprint density at radius 3 is 2.39 bits per heavy atom. The molecule has 0 amide bonds. The van der Waals surface area contributed by atoms with E-state index in [-0.39, 0.29) is 0 Å². The quantitative estimate of drug-likeness (QED) is 0.844. The van der Waals surface area contributed by atoms with Crippen molar-refractivity contribution in [1.82, 2.24) is 9.55 Å². The fourth-order valence-corrected chi connectivity index (χ4v) is 2.62. The lowest BCUT2D eigenvalue weighted by molar-refractivity contribution is 0.408. The molecule has 3 nitrogen and oxygen atoms in total. The van der Waals surface area contributed by atoms with E-state index in [9.17, 15) is 0 Å². The molecule has 0 aliphatic heterocycles. The lowest BCUT2D eigenvalue weighted by Gasteiger charge is -2.15. The van der Waals surface area contributed by atoms with E-state index in [1.807, 2.05) is 17.9 Å². The highest BCUT2D eigenvalue weighted by Gasteiger charge is 2.16. The first-order valence-electron chi connectivity index (χ1n) is 5.79. The SMILES string of the molecule is COc1c(C)cc(-c2ncn(C)c2Br)c(C)c1C. The van der Waals surface area contributed by atoms with Crippen LogP contribution in [-0.4, -0.2) is 16.7 Å². The van der Waals surface area contributed by atoms with Gasteiger partial charge in [0, 0.05) is 12.6 Å². The summed E-state index contributed by atoms with van der Waals surface area (Å²) in [6.45, 7) is 6.25. The number of imidazole rings is 1. The molecular formula is C14H17BrN2O. The summed E-state index contributed by atoms with van der Waals surface area (Å²) in [7, 11) is 3.68. The number of nitrogens with zero attached hydrogens (tertiary/aromatic N) is 2. The standard InChI is InChI=1S/C14H17BrN2O/c1-8-6-11(9(2)10(3)13(8)18-5)12-14(15)17(4)7-16-12/h6-7H,1-5H3. The molecule has 18 heavy (non-hydrogen) atoms. The molecule has 0 aliphatic carbocycles. The highest BCUT2D eigenvalue weighted by molar-refractivity contribution is 9.10. The molecule has 0 bridgehead atoms. The second-order valence-electron chi connectivity index (χ2n) is 4.52. The number of hydrogen-bond acceptors (Lipinski definition) is 2. The van der Waals surface area contributed by atoms with Crippen molar-refractivity contribution in [2.45, 2.75) is 20.8 Å². The fourth-order valence-electron chi connectivity index (χ4n) is 2.21. The van der Waals surface area contributed by atoms with Gasteiger partial charge >= 0.3 is 0 Å². The van der Waals surface area contributed by atoms with Crippen molar-refractivity contribution in [2.75, 3.05) is 7.11 Å². The Bertz CT molecular complexity index is 602. The van der Waals surface area contributed by atoms with E-state index in [1.54, 1.807) is 7.11 Å². The van der Waals surface area contributed by atoms with Crippen LogP contribution in [-0.2, 0) is 7.05 Å². The number of halogens is 1. The van der Waals surface area contributed by atoms with Gasteiger partial charge in [-0.15, -0.1) is 0 Å². The van der Waals surface area contributed by atoms with Crippen LogP contribution in [0.1, 0.15) is 16.7 Å². The minimum absolute atomic E-state index is 0.961. The number of aromatic nitrogens is 2. The molecule has 0 saturated heterocycles. The monoisotopic (exact) mass is 308 g/mol. The van der Waals surface area contributed by atoms with Gasteiger partial charge in [0.1, 0.15) is 16.0 Å². The first-order valence-corrected chi connectivity index (χ1v) is 6.58. The maximum absolute atomic E-state index is 5.45. The van der Waals surface area contributed by atoms with Gasteiger partial charge in [-0.3, -0.25) is 0 Å². The van der Waals surface area contributed by atoms with E-state index < -0.39 is 0 Å². The Balaban J connectivity index is 2.70.